The van der Waals surface area contributed by atoms with E-state index in [1.165, 1.54) is 12.1 Å². The minimum absolute atomic E-state index is 0.319. The Morgan fingerprint density at radius 2 is 2.11 bits per heavy atom. The Labute approximate surface area is 63.1 Å². The molecule has 0 spiro atoms. The molecule has 0 radical (unpaired) electrons. The van der Waals surface area contributed by atoms with Gasteiger partial charge in [-0.05, 0) is 18.2 Å². The van der Waals surface area contributed by atoms with E-state index >= 15 is 0 Å². The second kappa shape index (κ2) is 2.58. The highest BCUT2D eigenvalue weighted by atomic mass is 35.5. The predicted molar refractivity (Wildman–Crippen MR) is 38.7 cm³/mol. The molecule has 0 atom stereocenters. The van der Waals surface area contributed by atoms with Crippen LogP contribution in [0.3, 0.4) is 0 Å². The molecule has 48 valence electrons. The monoisotopic (exact) mass is 162 g/mol. The van der Waals surface area contributed by atoms with Crippen molar-refractivity contribution in [2.24, 2.45) is 0 Å². The highest BCUT2D eigenvalue weighted by Crippen LogP contribution is 2.16. The molecule has 0 aliphatic rings. The van der Waals surface area contributed by atoms with Crippen LogP contribution < -0.4 is 0 Å². The number of hydrogen-bond acceptors (Lipinski definition) is 1. The average Bonchev–Trinajstić information content (AvgIpc) is 1.80. The molecule has 0 bridgehead atoms. The summed E-state index contributed by atoms with van der Waals surface area (Å²) in [6.45, 7) is 0. The molecule has 0 heterocycles. The minimum Gasteiger partial charge on any atom is -0.206 e. The van der Waals surface area contributed by atoms with Crippen molar-refractivity contribution in [3.63, 3.8) is 0 Å². The van der Waals surface area contributed by atoms with Crippen LogP contribution in [0, 0.1) is 5.82 Å². The number of halogens is 2. The summed E-state index contributed by atoms with van der Waals surface area (Å²) in [5.41, 5.74) is 0. The van der Waals surface area contributed by atoms with E-state index in [0.29, 0.717) is 9.92 Å². The third kappa shape index (κ3) is 1.60. The Hall–Kier alpha value is -0.210. The Balaban J connectivity index is 3.17. The van der Waals surface area contributed by atoms with Gasteiger partial charge in [0.2, 0.25) is 0 Å². The van der Waals surface area contributed by atoms with Crippen LogP contribution in [0.25, 0.3) is 0 Å². The summed E-state index contributed by atoms with van der Waals surface area (Å²) in [5, 5.41) is 0.394. The van der Waals surface area contributed by atoms with E-state index in [4.69, 9.17) is 11.6 Å². The lowest BCUT2D eigenvalue weighted by Gasteiger charge is -1.92. The van der Waals surface area contributed by atoms with E-state index in [0.717, 1.165) is 0 Å². The zero-order valence-corrected chi connectivity index (χ0v) is 6.09. The van der Waals surface area contributed by atoms with Crippen molar-refractivity contribution in [3.05, 3.63) is 29.0 Å². The molecule has 0 aliphatic heterocycles. The van der Waals surface area contributed by atoms with Crippen molar-refractivity contribution in [1.29, 1.82) is 0 Å². The maximum Gasteiger partial charge on any atom is 0.137 e. The Morgan fingerprint density at radius 3 is 2.56 bits per heavy atom. The van der Waals surface area contributed by atoms with E-state index in [9.17, 15) is 4.39 Å². The summed E-state index contributed by atoms with van der Waals surface area (Å²) in [6, 6.07) is 4.33. The topological polar surface area (TPSA) is 0 Å². The van der Waals surface area contributed by atoms with Gasteiger partial charge in [0.05, 0.1) is 0 Å². The van der Waals surface area contributed by atoms with Crippen LogP contribution in [-0.4, -0.2) is 0 Å². The van der Waals surface area contributed by atoms with E-state index in [1.807, 2.05) is 0 Å². The number of rotatable bonds is 0. The Kier molecular flexibility index (Phi) is 1.98. The van der Waals surface area contributed by atoms with Crippen molar-refractivity contribution in [2.45, 2.75) is 4.90 Å². The van der Waals surface area contributed by atoms with Gasteiger partial charge in [0.1, 0.15) is 5.82 Å². The quantitative estimate of drug-likeness (QED) is 0.558. The first kappa shape index (κ1) is 6.90. The van der Waals surface area contributed by atoms with Gasteiger partial charge < -0.3 is 0 Å². The summed E-state index contributed by atoms with van der Waals surface area (Å²) >= 11 is 9.25. The zero-order valence-electron chi connectivity index (χ0n) is 4.44. The van der Waals surface area contributed by atoms with Gasteiger partial charge in [-0.15, -0.1) is 12.6 Å². The van der Waals surface area contributed by atoms with Gasteiger partial charge in [-0.3, -0.25) is 0 Å². The lowest BCUT2D eigenvalue weighted by Crippen LogP contribution is -1.74. The molecule has 1 rings (SSSR count). The van der Waals surface area contributed by atoms with Crippen LogP contribution in [0.4, 0.5) is 4.39 Å². The van der Waals surface area contributed by atoms with Crippen LogP contribution in [0.5, 0.6) is 0 Å². The van der Waals surface area contributed by atoms with Crippen LogP contribution >= 0.6 is 24.2 Å². The fourth-order valence-corrected chi connectivity index (χ4v) is 0.779. The van der Waals surface area contributed by atoms with Crippen molar-refractivity contribution in [3.8, 4) is 0 Å². The molecule has 0 saturated heterocycles. The predicted octanol–water partition coefficient (Wildman–Crippen LogP) is 2.77. The fraction of sp³-hybridized carbons (Fsp3) is 0. The third-order valence-electron chi connectivity index (χ3n) is 0.910. The average molecular weight is 163 g/mol. The summed E-state index contributed by atoms with van der Waals surface area (Å²) in [5.74, 6) is -0.383. The zero-order chi connectivity index (χ0) is 6.85. The molecule has 1 aromatic rings. The number of thiol groups is 1. The van der Waals surface area contributed by atoms with Crippen molar-refractivity contribution in [1.82, 2.24) is 0 Å². The molecule has 0 aromatic heterocycles. The molecule has 1 aromatic carbocycles. The SMILES string of the molecule is Fc1cc(Cl)ccc1S. The number of hydrogen-bond donors (Lipinski definition) is 1. The summed E-state index contributed by atoms with van der Waals surface area (Å²) < 4.78 is 12.4. The molecule has 0 nitrogen and oxygen atoms in total. The van der Waals surface area contributed by atoms with Crippen molar-refractivity contribution in [2.75, 3.05) is 0 Å². The summed E-state index contributed by atoms with van der Waals surface area (Å²) in [4.78, 5) is 0.319. The summed E-state index contributed by atoms with van der Waals surface area (Å²) in [7, 11) is 0. The first-order valence-corrected chi connectivity index (χ1v) is 3.16. The van der Waals surface area contributed by atoms with Crippen LogP contribution in [0.1, 0.15) is 0 Å². The van der Waals surface area contributed by atoms with Gasteiger partial charge in [-0.25, -0.2) is 4.39 Å². The maximum atomic E-state index is 12.4. The second-order valence-corrected chi connectivity index (χ2v) is 2.51. The smallest absolute Gasteiger partial charge is 0.137 e. The van der Waals surface area contributed by atoms with Gasteiger partial charge >= 0.3 is 0 Å². The Bertz CT molecular complexity index is 224. The standard InChI is InChI=1S/C6H4ClFS/c7-4-1-2-6(9)5(8)3-4/h1-3,9H. The lowest BCUT2D eigenvalue weighted by molar-refractivity contribution is 0.603. The highest BCUT2D eigenvalue weighted by molar-refractivity contribution is 7.80. The number of benzene rings is 1. The van der Waals surface area contributed by atoms with E-state index in [2.05, 4.69) is 12.6 Å². The maximum absolute atomic E-state index is 12.4. The molecule has 0 unspecified atom stereocenters. The fourth-order valence-electron chi connectivity index (χ4n) is 0.481. The van der Waals surface area contributed by atoms with Crippen LogP contribution in [0.15, 0.2) is 23.1 Å². The second-order valence-electron chi connectivity index (χ2n) is 1.60. The molecular weight excluding hydrogens is 159 g/mol. The first-order valence-electron chi connectivity index (χ1n) is 2.34. The van der Waals surface area contributed by atoms with Crippen molar-refractivity contribution < 1.29 is 4.39 Å². The lowest BCUT2D eigenvalue weighted by atomic mass is 10.3. The molecular formula is C6H4ClFS. The molecule has 0 amide bonds. The van der Waals surface area contributed by atoms with Gasteiger partial charge in [-0.1, -0.05) is 11.6 Å². The van der Waals surface area contributed by atoms with E-state index in [1.54, 1.807) is 6.07 Å². The van der Waals surface area contributed by atoms with Crippen LogP contribution in [0.2, 0.25) is 5.02 Å². The minimum atomic E-state index is -0.383. The van der Waals surface area contributed by atoms with Crippen molar-refractivity contribution >= 4 is 24.2 Å². The largest absolute Gasteiger partial charge is 0.206 e. The highest BCUT2D eigenvalue weighted by Gasteiger charge is 1.95. The Morgan fingerprint density at radius 1 is 1.44 bits per heavy atom. The molecule has 9 heavy (non-hydrogen) atoms. The van der Waals surface area contributed by atoms with Gasteiger partial charge in [0.25, 0.3) is 0 Å². The van der Waals surface area contributed by atoms with E-state index in [-0.39, 0.29) is 5.82 Å². The molecule has 0 N–H and O–H groups in total. The van der Waals surface area contributed by atoms with Crippen LogP contribution in [-0.2, 0) is 0 Å². The first-order chi connectivity index (χ1) is 4.20. The molecule has 0 aliphatic carbocycles. The molecule has 0 fully saturated rings. The normalized spacial score (nSPS) is 9.67. The van der Waals surface area contributed by atoms with Gasteiger partial charge in [0, 0.05) is 9.92 Å². The van der Waals surface area contributed by atoms with E-state index < -0.39 is 0 Å². The third-order valence-corrected chi connectivity index (χ3v) is 1.51. The van der Waals surface area contributed by atoms with Gasteiger partial charge in [0.15, 0.2) is 0 Å². The molecule has 3 heteroatoms. The van der Waals surface area contributed by atoms with Gasteiger partial charge in [-0.2, -0.15) is 0 Å². The molecule has 0 saturated carbocycles. The summed E-state index contributed by atoms with van der Waals surface area (Å²) in [6.07, 6.45) is 0.